The first-order valence-electron chi connectivity index (χ1n) is 15.4. The van der Waals surface area contributed by atoms with E-state index in [1.54, 1.807) is 33.7 Å². The van der Waals surface area contributed by atoms with Gasteiger partial charge < -0.3 is 19.8 Å². The van der Waals surface area contributed by atoms with E-state index in [-0.39, 0.29) is 30.2 Å². The van der Waals surface area contributed by atoms with E-state index in [4.69, 9.17) is 0 Å². The van der Waals surface area contributed by atoms with Gasteiger partial charge in [-0.15, -0.1) is 24.9 Å². The summed E-state index contributed by atoms with van der Waals surface area (Å²) >= 11 is 1.68. The molecule has 0 aliphatic carbocycles. The summed E-state index contributed by atoms with van der Waals surface area (Å²) in [6.45, 7) is 21.1. The van der Waals surface area contributed by atoms with Crippen LogP contribution in [0.15, 0.2) is 43.5 Å². The van der Waals surface area contributed by atoms with Crippen molar-refractivity contribution in [2.45, 2.75) is 88.8 Å². The first-order valence-corrected chi connectivity index (χ1v) is 16.2. The Hall–Kier alpha value is -2.58. The molecule has 1 aromatic rings. The van der Waals surface area contributed by atoms with Gasteiger partial charge in [-0.25, -0.2) is 0 Å². The van der Waals surface area contributed by atoms with Gasteiger partial charge in [0.05, 0.1) is 29.2 Å². The number of rotatable bonds is 13. The van der Waals surface area contributed by atoms with Crippen molar-refractivity contribution in [2.24, 2.45) is 17.8 Å². The number of hydrogen-bond acceptors (Lipinski definition) is 5. The van der Waals surface area contributed by atoms with Crippen LogP contribution < -0.4 is 4.90 Å². The molecule has 3 fully saturated rings. The van der Waals surface area contributed by atoms with Crippen molar-refractivity contribution in [2.75, 3.05) is 31.1 Å². The molecule has 3 aliphatic heterocycles. The number of fused-ring (bicyclic) bond motifs is 1. The summed E-state index contributed by atoms with van der Waals surface area (Å²) in [5, 5.41) is 10.6. The van der Waals surface area contributed by atoms with Gasteiger partial charge in [0.2, 0.25) is 11.8 Å². The lowest BCUT2D eigenvalue weighted by atomic mass is 9.66. The van der Waals surface area contributed by atoms with E-state index >= 15 is 0 Å². The number of anilines is 1. The van der Waals surface area contributed by atoms with E-state index < -0.39 is 33.4 Å². The van der Waals surface area contributed by atoms with Gasteiger partial charge in [0, 0.05) is 30.1 Å². The van der Waals surface area contributed by atoms with E-state index in [1.165, 1.54) is 0 Å². The molecular formula is C34H49N3O4S. The van der Waals surface area contributed by atoms with Crippen LogP contribution in [0, 0.1) is 31.6 Å². The lowest BCUT2D eigenvalue weighted by Crippen LogP contribution is -2.58. The Balaban J connectivity index is 1.88. The third-order valence-corrected chi connectivity index (χ3v) is 11.4. The highest BCUT2D eigenvalue weighted by molar-refractivity contribution is 8.02. The standard InChI is InChI=1S/C34H49N3O4S/c1-9-16-35(17-10-2)30(39)27-28-31(40)37(25(21-38)19-22(4)5)29(34(28)15-14-33(27,8)42-34)32(41)36(18-11-3)26-20-23(6)12-13-24(26)7/h9,11-13,20,22,25,27-29,38H,1,3,10,14-19,21H2,2,4-8H3/t25-,27-,28+,29?,33+,34?/m1/s1. The highest BCUT2D eigenvalue weighted by Gasteiger charge is 2.78. The summed E-state index contributed by atoms with van der Waals surface area (Å²) in [7, 11) is 0. The fourth-order valence-electron chi connectivity index (χ4n) is 7.74. The summed E-state index contributed by atoms with van der Waals surface area (Å²) < 4.78 is -1.21. The number of aryl methyl sites for hydroxylation is 2. The van der Waals surface area contributed by atoms with Gasteiger partial charge in [0.25, 0.3) is 5.91 Å². The zero-order valence-electron chi connectivity index (χ0n) is 26.3. The van der Waals surface area contributed by atoms with Gasteiger partial charge in [-0.05, 0) is 69.6 Å². The molecule has 3 aliphatic rings. The maximum Gasteiger partial charge on any atom is 0.251 e. The van der Waals surface area contributed by atoms with Gasteiger partial charge in [-0.1, -0.05) is 45.1 Å². The van der Waals surface area contributed by atoms with Gasteiger partial charge in [-0.3, -0.25) is 14.4 Å². The van der Waals surface area contributed by atoms with Gasteiger partial charge in [0.15, 0.2) is 0 Å². The quantitative estimate of drug-likeness (QED) is 0.320. The van der Waals surface area contributed by atoms with Crippen LogP contribution >= 0.6 is 11.8 Å². The second kappa shape index (κ2) is 12.6. The number of amides is 3. The number of hydrogen-bond donors (Lipinski definition) is 1. The topological polar surface area (TPSA) is 81.2 Å². The number of benzene rings is 1. The molecule has 4 rings (SSSR count). The number of carbonyl (C=O) groups is 3. The van der Waals surface area contributed by atoms with Crippen molar-refractivity contribution < 1.29 is 19.5 Å². The van der Waals surface area contributed by atoms with Crippen molar-refractivity contribution in [3.63, 3.8) is 0 Å². The molecule has 3 amide bonds. The molecule has 2 unspecified atom stereocenters. The average molecular weight is 596 g/mol. The second-order valence-corrected chi connectivity index (χ2v) is 14.9. The molecule has 2 bridgehead atoms. The molecule has 42 heavy (non-hydrogen) atoms. The normalized spacial score (nSPS) is 28.6. The number of aliphatic hydroxyl groups is 1. The second-order valence-electron chi connectivity index (χ2n) is 13.0. The first kappa shape index (κ1) is 32.3. The fraction of sp³-hybridized carbons (Fsp3) is 0.618. The SMILES string of the molecule is C=CCN(CCC)C(=O)[C@H]1[C@H]2C(=O)N([C@@H](CO)CC(C)C)C(C(=O)N(CC=C)c3cc(C)ccc3C)C23CC[C@]1(C)S3. The Kier molecular flexibility index (Phi) is 9.68. The molecule has 0 radical (unpaired) electrons. The molecule has 230 valence electrons. The Morgan fingerprint density at radius 3 is 2.45 bits per heavy atom. The zero-order chi connectivity index (χ0) is 31.0. The van der Waals surface area contributed by atoms with Crippen molar-refractivity contribution in [3.05, 3.63) is 54.6 Å². The molecule has 6 atom stereocenters. The number of thioether (sulfide) groups is 1. The van der Waals surface area contributed by atoms with Crippen molar-refractivity contribution in [1.29, 1.82) is 0 Å². The predicted octanol–water partition coefficient (Wildman–Crippen LogP) is 5.14. The number of likely N-dealkylation sites (tertiary alicyclic amines) is 1. The van der Waals surface area contributed by atoms with Gasteiger partial charge >= 0.3 is 0 Å². The third kappa shape index (κ3) is 5.34. The molecule has 0 aromatic heterocycles. The van der Waals surface area contributed by atoms with Crippen LogP contribution in [0.1, 0.15) is 64.5 Å². The zero-order valence-corrected chi connectivity index (χ0v) is 27.1. The lowest BCUT2D eigenvalue weighted by Gasteiger charge is -2.40. The van der Waals surface area contributed by atoms with Crippen LogP contribution in [0.4, 0.5) is 5.69 Å². The van der Waals surface area contributed by atoms with E-state index in [0.717, 1.165) is 29.7 Å². The van der Waals surface area contributed by atoms with E-state index in [0.29, 0.717) is 32.5 Å². The molecule has 1 spiro atoms. The number of carbonyl (C=O) groups excluding carboxylic acids is 3. The molecule has 3 saturated heterocycles. The van der Waals surface area contributed by atoms with Crippen LogP contribution in [-0.4, -0.2) is 80.4 Å². The Bertz CT molecular complexity index is 1230. The average Bonchev–Trinajstić information content (AvgIpc) is 3.51. The first-order chi connectivity index (χ1) is 19.9. The van der Waals surface area contributed by atoms with Crippen molar-refractivity contribution in [3.8, 4) is 0 Å². The highest BCUT2D eigenvalue weighted by atomic mass is 32.2. The molecule has 0 saturated carbocycles. The molecule has 8 heteroatoms. The minimum absolute atomic E-state index is 0.0263. The van der Waals surface area contributed by atoms with Gasteiger partial charge in [0.1, 0.15) is 6.04 Å². The van der Waals surface area contributed by atoms with E-state index in [9.17, 15) is 19.5 Å². The third-order valence-electron chi connectivity index (χ3n) is 9.45. The summed E-state index contributed by atoms with van der Waals surface area (Å²) in [4.78, 5) is 49.3. The van der Waals surface area contributed by atoms with E-state index in [1.807, 2.05) is 43.9 Å². The Morgan fingerprint density at radius 2 is 1.86 bits per heavy atom. The monoisotopic (exact) mass is 595 g/mol. The van der Waals surface area contributed by atoms with Crippen LogP contribution in [-0.2, 0) is 14.4 Å². The number of aliphatic hydroxyl groups excluding tert-OH is 1. The molecule has 1 aromatic carbocycles. The maximum atomic E-state index is 15.0. The molecular weight excluding hydrogens is 546 g/mol. The highest BCUT2D eigenvalue weighted by Crippen LogP contribution is 2.72. The summed E-state index contributed by atoms with van der Waals surface area (Å²) in [6.07, 6.45) is 6.26. The van der Waals surface area contributed by atoms with E-state index in [2.05, 4.69) is 33.9 Å². The largest absolute Gasteiger partial charge is 0.394 e. The Morgan fingerprint density at radius 1 is 1.17 bits per heavy atom. The summed E-state index contributed by atoms with van der Waals surface area (Å²) in [6, 6.07) is 4.73. The van der Waals surface area contributed by atoms with Gasteiger partial charge in [-0.2, -0.15) is 0 Å². The van der Waals surface area contributed by atoms with Crippen LogP contribution in [0.2, 0.25) is 0 Å². The fourth-order valence-corrected chi connectivity index (χ4v) is 10.1. The predicted molar refractivity (Wildman–Crippen MR) is 171 cm³/mol. The molecule has 1 N–H and O–H groups in total. The minimum atomic E-state index is -0.797. The maximum absolute atomic E-state index is 15.0. The van der Waals surface area contributed by atoms with Crippen LogP contribution in [0.25, 0.3) is 0 Å². The summed E-state index contributed by atoms with van der Waals surface area (Å²) in [5.74, 6) is -1.32. The lowest BCUT2D eigenvalue weighted by molar-refractivity contribution is -0.146. The molecule has 3 heterocycles. The van der Waals surface area contributed by atoms with Crippen LogP contribution in [0.3, 0.4) is 0 Å². The smallest absolute Gasteiger partial charge is 0.251 e. The van der Waals surface area contributed by atoms with Crippen molar-refractivity contribution >= 4 is 35.2 Å². The summed E-state index contributed by atoms with van der Waals surface area (Å²) in [5.41, 5.74) is 2.80. The van der Waals surface area contributed by atoms with Crippen molar-refractivity contribution in [1.82, 2.24) is 9.80 Å². The number of nitrogens with zero attached hydrogens (tertiary/aromatic N) is 3. The van der Waals surface area contributed by atoms with Crippen LogP contribution in [0.5, 0.6) is 0 Å². The minimum Gasteiger partial charge on any atom is -0.394 e. The Labute approximate surface area is 256 Å². The molecule has 7 nitrogen and oxygen atoms in total.